The summed E-state index contributed by atoms with van der Waals surface area (Å²) in [6.45, 7) is 3.31. The van der Waals surface area contributed by atoms with Crippen molar-refractivity contribution in [2.24, 2.45) is 17.3 Å². The van der Waals surface area contributed by atoms with E-state index in [0.717, 1.165) is 12.0 Å². The molecular weight excluding hydrogens is 282 g/mol. The van der Waals surface area contributed by atoms with Crippen LogP contribution in [0, 0.1) is 22.5 Å². The van der Waals surface area contributed by atoms with Gasteiger partial charge in [0.15, 0.2) is 5.79 Å². The lowest BCUT2D eigenvalue weighted by Crippen LogP contribution is -2.48. The molecule has 5 nitrogen and oxygen atoms in total. The summed E-state index contributed by atoms with van der Waals surface area (Å²) in [7, 11) is 0. The number of anilines is 1. The van der Waals surface area contributed by atoms with Crippen LogP contribution < -0.4 is 5.23 Å². The molecule has 2 atom stereocenters. The maximum Gasteiger partial charge on any atom is 0.191 e. The van der Waals surface area contributed by atoms with Crippen molar-refractivity contribution in [2.45, 2.75) is 25.6 Å². The predicted octanol–water partition coefficient (Wildman–Crippen LogP) is 3.18. The zero-order valence-corrected chi connectivity index (χ0v) is 12.6. The Morgan fingerprint density at radius 1 is 1.18 bits per heavy atom. The molecular formula is C17H20NO4-. The van der Waals surface area contributed by atoms with Gasteiger partial charge < -0.3 is 19.9 Å². The van der Waals surface area contributed by atoms with Crippen LogP contribution in [-0.2, 0) is 15.3 Å². The van der Waals surface area contributed by atoms with Crippen LogP contribution in [0.1, 0.15) is 25.3 Å². The molecule has 118 valence electrons. The number of fused-ring (bicyclic) bond motifs is 3. The molecule has 2 aliphatic carbocycles. The number of hydrogen-bond acceptors (Lipinski definition) is 5. The van der Waals surface area contributed by atoms with Gasteiger partial charge in [0.2, 0.25) is 0 Å². The first-order chi connectivity index (χ1) is 10.5. The number of rotatable bonds is 2. The molecule has 2 bridgehead atoms. The number of nitrogens with zero attached hydrogens (tertiary/aromatic N) is 1. The Morgan fingerprint density at radius 3 is 2.36 bits per heavy atom. The fraction of sp³-hybridized carbons (Fsp3) is 0.529. The Bertz CT molecular complexity index is 587. The van der Waals surface area contributed by atoms with Gasteiger partial charge in [0.05, 0.1) is 18.9 Å². The van der Waals surface area contributed by atoms with Crippen LogP contribution in [0.4, 0.5) is 5.69 Å². The van der Waals surface area contributed by atoms with Gasteiger partial charge in [-0.3, -0.25) is 5.21 Å². The van der Waals surface area contributed by atoms with Gasteiger partial charge in [-0.1, -0.05) is 24.3 Å². The zero-order valence-electron chi connectivity index (χ0n) is 12.6. The van der Waals surface area contributed by atoms with Gasteiger partial charge in [-0.2, -0.15) is 0 Å². The van der Waals surface area contributed by atoms with Gasteiger partial charge >= 0.3 is 0 Å². The predicted molar refractivity (Wildman–Crippen MR) is 81.1 cm³/mol. The van der Waals surface area contributed by atoms with E-state index in [0.29, 0.717) is 25.0 Å². The highest BCUT2D eigenvalue weighted by Gasteiger charge is 2.53. The molecule has 0 amide bonds. The van der Waals surface area contributed by atoms with Crippen LogP contribution in [0.3, 0.4) is 0 Å². The lowest BCUT2D eigenvalue weighted by molar-refractivity contribution is -0.307. The van der Waals surface area contributed by atoms with Crippen molar-refractivity contribution >= 4 is 5.69 Å². The number of allylic oxidation sites excluding steroid dienone is 2. The summed E-state index contributed by atoms with van der Waals surface area (Å²) in [5.74, 6) is 0.472. The van der Waals surface area contributed by atoms with Crippen LogP contribution in [0.25, 0.3) is 0 Å². The van der Waals surface area contributed by atoms with Crippen LogP contribution in [0.15, 0.2) is 36.4 Å². The number of hydrogen-bond donors (Lipinski definition) is 1. The maximum absolute atomic E-state index is 10.9. The first-order valence-corrected chi connectivity index (χ1v) is 7.74. The molecule has 0 radical (unpaired) electrons. The molecule has 0 aromatic heterocycles. The molecule has 1 N–H and O–H groups in total. The van der Waals surface area contributed by atoms with Crippen molar-refractivity contribution in [1.29, 1.82) is 0 Å². The quantitative estimate of drug-likeness (QED) is 0.671. The van der Waals surface area contributed by atoms with Crippen molar-refractivity contribution in [3.05, 3.63) is 47.2 Å². The largest absolute Gasteiger partial charge is 0.733 e. The highest BCUT2D eigenvalue weighted by molar-refractivity contribution is 5.46. The van der Waals surface area contributed by atoms with Crippen molar-refractivity contribution in [1.82, 2.24) is 0 Å². The van der Waals surface area contributed by atoms with E-state index < -0.39 is 5.79 Å². The fourth-order valence-corrected chi connectivity index (χ4v) is 4.09. The summed E-state index contributed by atoms with van der Waals surface area (Å²) in [6.07, 6.45) is 7.03. The minimum Gasteiger partial charge on any atom is -0.733 e. The first-order valence-electron chi connectivity index (χ1n) is 7.74. The van der Waals surface area contributed by atoms with E-state index in [9.17, 15) is 5.21 Å². The fourth-order valence-electron chi connectivity index (χ4n) is 4.09. The third-order valence-corrected chi connectivity index (χ3v) is 5.51. The molecule has 5 heteroatoms. The van der Waals surface area contributed by atoms with Crippen molar-refractivity contribution in [3.63, 3.8) is 0 Å². The van der Waals surface area contributed by atoms with Crippen molar-refractivity contribution in [3.8, 4) is 0 Å². The van der Waals surface area contributed by atoms with Crippen LogP contribution >= 0.6 is 0 Å². The second-order valence-corrected chi connectivity index (χ2v) is 6.90. The smallest absolute Gasteiger partial charge is 0.191 e. The summed E-state index contributed by atoms with van der Waals surface area (Å²) in [5.41, 5.74) is 1.18. The van der Waals surface area contributed by atoms with E-state index in [2.05, 4.69) is 12.2 Å². The standard InChI is InChI=1S/C17H20NO4/c1-16(13-4-6-15(7-5-13)18(19)20)21-10-17(11-22-16)9-12-2-3-14(17)8-12/h2-7,12,14,19H,8-11H2,1H3/q-1/t12-,14-,16?,17?/m0/s1. The zero-order chi connectivity index (χ0) is 15.4. The van der Waals surface area contributed by atoms with Gasteiger partial charge in [-0.15, -0.1) is 0 Å². The van der Waals surface area contributed by atoms with Crippen LogP contribution in [-0.4, -0.2) is 18.4 Å². The summed E-state index contributed by atoms with van der Waals surface area (Å²) in [4.78, 5) is 0. The van der Waals surface area contributed by atoms with E-state index in [-0.39, 0.29) is 16.3 Å². The Balaban J connectivity index is 1.51. The molecule has 1 heterocycles. The second-order valence-electron chi connectivity index (χ2n) is 6.90. The van der Waals surface area contributed by atoms with E-state index in [1.165, 1.54) is 6.42 Å². The summed E-state index contributed by atoms with van der Waals surface area (Å²) in [6, 6.07) is 6.64. The van der Waals surface area contributed by atoms with Gasteiger partial charge in [0, 0.05) is 11.0 Å². The Kier molecular flexibility index (Phi) is 3.10. The van der Waals surface area contributed by atoms with Crippen LogP contribution in [0.2, 0.25) is 0 Å². The van der Waals surface area contributed by atoms with Crippen molar-refractivity contribution in [2.75, 3.05) is 18.4 Å². The van der Waals surface area contributed by atoms with Crippen molar-refractivity contribution < 1.29 is 14.7 Å². The van der Waals surface area contributed by atoms with Gasteiger partial charge in [-0.05, 0) is 43.7 Å². The second kappa shape index (κ2) is 4.80. The van der Waals surface area contributed by atoms with E-state index in [4.69, 9.17) is 14.7 Å². The molecule has 1 saturated heterocycles. The molecule has 1 spiro atoms. The van der Waals surface area contributed by atoms with Gasteiger partial charge in [0.25, 0.3) is 0 Å². The minimum atomic E-state index is -0.793. The first kappa shape index (κ1) is 14.2. The van der Waals surface area contributed by atoms with Gasteiger partial charge in [-0.25, -0.2) is 0 Å². The molecule has 4 rings (SSSR count). The topological polar surface area (TPSA) is 65.0 Å². The molecule has 22 heavy (non-hydrogen) atoms. The Morgan fingerprint density at radius 2 is 1.86 bits per heavy atom. The van der Waals surface area contributed by atoms with E-state index >= 15 is 0 Å². The SMILES string of the molecule is CC1(c2ccc(N([O-])O)cc2)OCC2(CO1)C[C@H]1C=C[C@H]2C1. The minimum absolute atomic E-state index is 0.135. The normalized spacial score (nSPS) is 39.6. The lowest BCUT2D eigenvalue weighted by Gasteiger charge is -2.46. The third-order valence-electron chi connectivity index (χ3n) is 5.51. The molecule has 1 aromatic rings. The summed E-state index contributed by atoms with van der Waals surface area (Å²) < 4.78 is 12.3. The van der Waals surface area contributed by atoms with E-state index in [1.54, 1.807) is 24.3 Å². The Hall–Kier alpha value is -1.40. The highest BCUT2D eigenvalue weighted by Crippen LogP contribution is 2.55. The lowest BCUT2D eigenvalue weighted by atomic mass is 9.76. The molecule has 1 saturated carbocycles. The third kappa shape index (κ3) is 2.08. The molecule has 3 aliphatic rings. The number of benzene rings is 1. The number of ether oxygens (including phenoxy) is 2. The van der Waals surface area contributed by atoms with Crippen LogP contribution in [0.5, 0.6) is 0 Å². The average molecular weight is 302 g/mol. The molecule has 2 fully saturated rings. The van der Waals surface area contributed by atoms with E-state index in [1.807, 2.05) is 6.92 Å². The van der Waals surface area contributed by atoms with Gasteiger partial charge in [0.1, 0.15) is 0 Å². The summed E-state index contributed by atoms with van der Waals surface area (Å²) in [5, 5.41) is 19.6. The molecule has 1 aliphatic heterocycles. The average Bonchev–Trinajstić information content (AvgIpc) is 3.12. The Labute approximate surface area is 129 Å². The molecule has 1 aromatic carbocycles. The highest BCUT2D eigenvalue weighted by atomic mass is 16.8. The summed E-state index contributed by atoms with van der Waals surface area (Å²) >= 11 is 0. The maximum atomic E-state index is 10.9. The molecule has 0 unspecified atom stereocenters. The monoisotopic (exact) mass is 302 g/mol.